The predicted octanol–water partition coefficient (Wildman–Crippen LogP) is 4.38. The van der Waals surface area contributed by atoms with Gasteiger partial charge in [-0.1, -0.05) is 44.2 Å². The molecule has 0 fully saturated rings. The molecule has 25 heavy (non-hydrogen) atoms. The highest BCUT2D eigenvalue weighted by Crippen LogP contribution is 2.23. The molecule has 0 aromatic heterocycles. The molecule has 0 saturated carbocycles. The van der Waals surface area contributed by atoms with Crippen molar-refractivity contribution in [2.45, 2.75) is 26.3 Å². The molecule has 0 aliphatic carbocycles. The lowest BCUT2D eigenvalue weighted by atomic mass is 9.96. The van der Waals surface area contributed by atoms with Crippen molar-refractivity contribution in [2.24, 2.45) is 5.92 Å². The minimum atomic E-state index is -2.30. The molecule has 0 heterocycles. The van der Waals surface area contributed by atoms with Crippen molar-refractivity contribution in [1.82, 2.24) is 5.32 Å². The third kappa shape index (κ3) is 3.97. The molecule has 2 aromatic rings. The van der Waals surface area contributed by atoms with E-state index in [1.807, 2.05) is 0 Å². The summed E-state index contributed by atoms with van der Waals surface area (Å²) in [7, 11) is 0. The van der Waals surface area contributed by atoms with E-state index in [-0.39, 0.29) is 5.92 Å². The predicted molar refractivity (Wildman–Crippen MR) is 82.5 cm³/mol. The van der Waals surface area contributed by atoms with Crippen LogP contribution in [-0.4, -0.2) is 11.9 Å². The fourth-order valence-corrected chi connectivity index (χ4v) is 2.37. The van der Waals surface area contributed by atoms with Crippen molar-refractivity contribution < 1.29 is 26.7 Å². The molecule has 7 heteroatoms. The number of halogens is 5. The van der Waals surface area contributed by atoms with Gasteiger partial charge in [-0.05, 0) is 17.9 Å². The lowest BCUT2D eigenvalue weighted by Crippen LogP contribution is -2.41. The van der Waals surface area contributed by atoms with Crippen LogP contribution in [-0.2, 0) is 6.42 Å². The average Bonchev–Trinajstić information content (AvgIpc) is 2.58. The normalized spacial score (nSPS) is 12.3. The molecule has 2 nitrogen and oxygen atoms in total. The van der Waals surface area contributed by atoms with Crippen molar-refractivity contribution in [3.05, 3.63) is 70.5 Å². The third-order valence-corrected chi connectivity index (χ3v) is 3.86. The first kappa shape index (κ1) is 18.9. The van der Waals surface area contributed by atoms with Crippen LogP contribution in [0.15, 0.2) is 30.3 Å². The van der Waals surface area contributed by atoms with Gasteiger partial charge in [0.1, 0.15) is 5.56 Å². The Labute approximate surface area is 141 Å². The molecule has 0 bridgehead atoms. The topological polar surface area (TPSA) is 29.1 Å². The molecule has 1 atom stereocenters. The van der Waals surface area contributed by atoms with Crippen LogP contribution in [0, 0.1) is 35.0 Å². The Bertz CT molecular complexity index is 748. The van der Waals surface area contributed by atoms with Crippen LogP contribution < -0.4 is 5.32 Å². The number of carbonyl (C=O) groups is 1. The Balaban J connectivity index is 2.31. The maximum atomic E-state index is 13.7. The standard InChI is InChI=1S/C18H16F5NO/c1-9(2)11(8-10-6-4-3-5-7-10)24-18(25)12-13(19)15(21)17(23)16(22)14(12)20/h3-7,9,11H,8H2,1-2H3,(H,24,25). The molecule has 1 amide bonds. The molecule has 0 spiro atoms. The summed E-state index contributed by atoms with van der Waals surface area (Å²) < 4.78 is 67.1. The summed E-state index contributed by atoms with van der Waals surface area (Å²) in [5.41, 5.74) is -0.617. The van der Waals surface area contributed by atoms with E-state index in [4.69, 9.17) is 0 Å². The second kappa shape index (κ2) is 7.63. The Hall–Kier alpha value is -2.44. The Morgan fingerprint density at radius 1 is 0.880 bits per heavy atom. The van der Waals surface area contributed by atoms with E-state index < -0.39 is 46.6 Å². The third-order valence-electron chi connectivity index (χ3n) is 3.86. The molecule has 0 radical (unpaired) electrons. The first-order chi connectivity index (χ1) is 11.7. The minimum Gasteiger partial charge on any atom is -0.349 e. The first-order valence-electron chi connectivity index (χ1n) is 7.60. The number of amides is 1. The van der Waals surface area contributed by atoms with Crippen molar-refractivity contribution in [3.8, 4) is 0 Å². The number of rotatable bonds is 5. The van der Waals surface area contributed by atoms with E-state index in [9.17, 15) is 26.7 Å². The molecule has 0 aliphatic rings. The summed E-state index contributed by atoms with van der Waals surface area (Å²) in [5, 5.41) is 2.36. The molecule has 2 aromatic carbocycles. The lowest BCUT2D eigenvalue weighted by Gasteiger charge is -2.23. The van der Waals surface area contributed by atoms with Crippen molar-refractivity contribution >= 4 is 5.91 Å². The van der Waals surface area contributed by atoms with Gasteiger partial charge in [0.2, 0.25) is 5.82 Å². The quantitative estimate of drug-likeness (QED) is 0.480. The number of hydrogen-bond donors (Lipinski definition) is 1. The number of carbonyl (C=O) groups excluding carboxylic acids is 1. The first-order valence-corrected chi connectivity index (χ1v) is 7.60. The smallest absolute Gasteiger partial charge is 0.257 e. The summed E-state index contributed by atoms with van der Waals surface area (Å²) in [5.74, 6) is -12.3. The number of hydrogen-bond acceptors (Lipinski definition) is 1. The Morgan fingerprint density at radius 2 is 1.36 bits per heavy atom. The van der Waals surface area contributed by atoms with Gasteiger partial charge in [-0.3, -0.25) is 4.79 Å². The molecule has 0 saturated heterocycles. The number of nitrogens with one attached hydrogen (secondary N) is 1. The largest absolute Gasteiger partial charge is 0.349 e. The van der Waals surface area contributed by atoms with Gasteiger partial charge in [0.25, 0.3) is 5.91 Å². The fraction of sp³-hybridized carbons (Fsp3) is 0.278. The summed E-state index contributed by atoms with van der Waals surface area (Å²) in [6, 6.07) is 8.45. The van der Waals surface area contributed by atoms with Crippen molar-refractivity contribution in [3.63, 3.8) is 0 Å². The summed E-state index contributed by atoms with van der Waals surface area (Å²) in [6.45, 7) is 3.54. The van der Waals surface area contributed by atoms with Gasteiger partial charge in [-0.2, -0.15) is 0 Å². The molecule has 2 rings (SSSR count). The van der Waals surface area contributed by atoms with Gasteiger partial charge in [0, 0.05) is 6.04 Å². The van der Waals surface area contributed by atoms with Crippen LogP contribution in [0.5, 0.6) is 0 Å². The molecule has 0 aliphatic heterocycles. The summed E-state index contributed by atoms with van der Waals surface area (Å²) in [6.07, 6.45) is 0.347. The summed E-state index contributed by atoms with van der Waals surface area (Å²) >= 11 is 0. The second-order valence-corrected chi connectivity index (χ2v) is 5.96. The van der Waals surface area contributed by atoms with Crippen LogP contribution in [0.4, 0.5) is 22.0 Å². The maximum absolute atomic E-state index is 13.7. The van der Waals surface area contributed by atoms with Gasteiger partial charge >= 0.3 is 0 Å². The van der Waals surface area contributed by atoms with Gasteiger partial charge in [0.15, 0.2) is 23.3 Å². The minimum absolute atomic E-state index is 0.134. The molecule has 1 unspecified atom stereocenters. The van der Waals surface area contributed by atoms with Crippen LogP contribution in [0.1, 0.15) is 29.8 Å². The average molecular weight is 357 g/mol. The molecule has 1 N–H and O–H groups in total. The van der Waals surface area contributed by atoms with E-state index >= 15 is 0 Å². The highest BCUT2D eigenvalue weighted by Gasteiger charge is 2.31. The summed E-state index contributed by atoms with van der Waals surface area (Å²) in [4.78, 5) is 12.2. The van der Waals surface area contributed by atoms with Crippen LogP contribution >= 0.6 is 0 Å². The molecule has 134 valence electrons. The zero-order chi connectivity index (χ0) is 18.7. The van der Waals surface area contributed by atoms with Crippen molar-refractivity contribution in [1.29, 1.82) is 0 Å². The zero-order valence-corrected chi connectivity index (χ0v) is 13.5. The van der Waals surface area contributed by atoms with E-state index in [1.54, 1.807) is 44.2 Å². The van der Waals surface area contributed by atoms with Crippen LogP contribution in [0.25, 0.3) is 0 Å². The maximum Gasteiger partial charge on any atom is 0.257 e. The highest BCUT2D eigenvalue weighted by atomic mass is 19.2. The van der Waals surface area contributed by atoms with Gasteiger partial charge in [-0.15, -0.1) is 0 Å². The highest BCUT2D eigenvalue weighted by molar-refractivity contribution is 5.95. The van der Waals surface area contributed by atoms with Gasteiger partial charge in [0.05, 0.1) is 0 Å². The Morgan fingerprint density at radius 3 is 1.84 bits per heavy atom. The fourth-order valence-electron chi connectivity index (χ4n) is 2.37. The molecular weight excluding hydrogens is 341 g/mol. The second-order valence-electron chi connectivity index (χ2n) is 5.96. The number of benzene rings is 2. The zero-order valence-electron chi connectivity index (χ0n) is 13.5. The van der Waals surface area contributed by atoms with Crippen molar-refractivity contribution in [2.75, 3.05) is 0 Å². The van der Waals surface area contributed by atoms with Gasteiger partial charge in [-0.25, -0.2) is 22.0 Å². The SMILES string of the molecule is CC(C)C(Cc1ccccc1)NC(=O)c1c(F)c(F)c(F)c(F)c1F. The monoisotopic (exact) mass is 357 g/mol. The van der Waals surface area contributed by atoms with E-state index in [1.165, 1.54) is 0 Å². The lowest BCUT2D eigenvalue weighted by molar-refractivity contribution is 0.0914. The Kier molecular flexibility index (Phi) is 5.77. The van der Waals surface area contributed by atoms with Gasteiger partial charge < -0.3 is 5.32 Å². The van der Waals surface area contributed by atoms with E-state index in [0.717, 1.165) is 5.56 Å². The van der Waals surface area contributed by atoms with Crippen LogP contribution in [0.3, 0.4) is 0 Å². The molecular formula is C18H16F5NO. The van der Waals surface area contributed by atoms with E-state index in [0.29, 0.717) is 6.42 Å². The van der Waals surface area contributed by atoms with Crippen LogP contribution in [0.2, 0.25) is 0 Å². The van der Waals surface area contributed by atoms with E-state index in [2.05, 4.69) is 5.32 Å².